The average molecular weight is 390 g/mol. The van der Waals surface area contributed by atoms with E-state index in [-0.39, 0.29) is 11.4 Å². The number of nitrogen functional groups attached to an aromatic ring is 1. The van der Waals surface area contributed by atoms with Crippen molar-refractivity contribution in [3.05, 3.63) is 65.2 Å². The van der Waals surface area contributed by atoms with Crippen molar-refractivity contribution >= 4 is 23.4 Å². The van der Waals surface area contributed by atoms with Gasteiger partial charge in [-0.15, -0.1) is 0 Å². The molecule has 4 rings (SSSR count). The first-order chi connectivity index (χ1) is 13.9. The summed E-state index contributed by atoms with van der Waals surface area (Å²) in [6.07, 6.45) is 7.35. The number of hydrogen-bond donors (Lipinski definition) is 2. The average Bonchev–Trinajstić information content (AvgIpc) is 3.50. The summed E-state index contributed by atoms with van der Waals surface area (Å²) in [7, 11) is 0. The van der Waals surface area contributed by atoms with Crippen LogP contribution in [0.2, 0.25) is 0 Å². The molecule has 0 spiro atoms. The molecule has 1 amide bonds. The van der Waals surface area contributed by atoms with Crippen LogP contribution in [0.1, 0.15) is 55.5 Å². The number of benzene rings is 2. The van der Waals surface area contributed by atoms with Crippen LogP contribution in [0.5, 0.6) is 0 Å². The Balaban J connectivity index is 1.40. The summed E-state index contributed by atoms with van der Waals surface area (Å²) < 4.78 is 0. The highest BCUT2D eigenvalue weighted by atomic mass is 16.1. The Kier molecular flexibility index (Phi) is 5.46. The van der Waals surface area contributed by atoms with Gasteiger partial charge in [0.2, 0.25) is 0 Å². The van der Waals surface area contributed by atoms with Crippen molar-refractivity contribution in [3.63, 3.8) is 0 Å². The highest BCUT2D eigenvalue weighted by molar-refractivity contribution is 6.05. The molecule has 4 heteroatoms. The normalized spacial score (nSPS) is 20.6. The minimum atomic E-state index is -0.142. The van der Waals surface area contributed by atoms with Crippen molar-refractivity contribution in [3.8, 4) is 0 Å². The van der Waals surface area contributed by atoms with Crippen LogP contribution < -0.4 is 11.1 Å². The van der Waals surface area contributed by atoms with Gasteiger partial charge in [-0.05, 0) is 75.3 Å². The minimum absolute atomic E-state index is 0.142. The first-order valence-corrected chi connectivity index (χ1v) is 10.6. The van der Waals surface area contributed by atoms with E-state index in [0.29, 0.717) is 16.9 Å². The zero-order valence-corrected chi connectivity index (χ0v) is 17.4. The van der Waals surface area contributed by atoms with Crippen LogP contribution >= 0.6 is 0 Å². The molecule has 4 nitrogen and oxygen atoms in total. The highest BCUT2D eigenvalue weighted by Gasteiger charge is 2.35. The number of rotatable bonds is 5. The largest absolute Gasteiger partial charge is 0.397 e. The van der Waals surface area contributed by atoms with Crippen LogP contribution in [0.4, 0.5) is 11.4 Å². The van der Waals surface area contributed by atoms with Gasteiger partial charge in [-0.1, -0.05) is 35.9 Å². The smallest absolute Gasteiger partial charge is 0.255 e. The lowest BCUT2D eigenvalue weighted by atomic mass is 9.85. The number of piperidine rings is 1. The van der Waals surface area contributed by atoms with Gasteiger partial charge >= 0.3 is 0 Å². The molecule has 3 N–H and O–H groups in total. The van der Waals surface area contributed by atoms with E-state index in [0.717, 1.165) is 30.9 Å². The van der Waals surface area contributed by atoms with Crippen LogP contribution in [0, 0.1) is 5.92 Å². The third-order valence-electron chi connectivity index (χ3n) is 6.15. The zero-order chi connectivity index (χ0) is 20.4. The molecule has 1 heterocycles. The number of nitrogens with zero attached hydrogens (tertiary/aromatic N) is 1. The number of amides is 1. The summed E-state index contributed by atoms with van der Waals surface area (Å²) >= 11 is 0. The number of anilines is 2. The molecule has 1 aliphatic heterocycles. The summed E-state index contributed by atoms with van der Waals surface area (Å²) in [5.74, 6) is 0.793. The fraction of sp³-hybridized carbons (Fsp3) is 0.400. The van der Waals surface area contributed by atoms with Crippen molar-refractivity contribution in [2.45, 2.75) is 45.1 Å². The van der Waals surface area contributed by atoms with Crippen LogP contribution in [0.25, 0.3) is 6.08 Å². The molecule has 0 radical (unpaired) electrons. The van der Waals surface area contributed by atoms with E-state index < -0.39 is 0 Å². The zero-order valence-electron chi connectivity index (χ0n) is 17.4. The summed E-state index contributed by atoms with van der Waals surface area (Å²) in [5, 5.41) is 2.88. The van der Waals surface area contributed by atoms with Crippen LogP contribution in [-0.4, -0.2) is 29.4 Å². The number of carbonyl (C=O) groups excluding carboxylic acids is 1. The quantitative estimate of drug-likeness (QED) is 0.692. The SMILES string of the molecule is CC1(C)C/C(=C/c2ccc(C(=O)Nc3ccccc3N)cc2)CCN1CC1CC1. The Hall–Kier alpha value is -2.59. The molecule has 1 aliphatic carbocycles. The molecule has 1 saturated heterocycles. The van der Waals surface area contributed by atoms with Gasteiger partial charge in [0.05, 0.1) is 11.4 Å². The maximum Gasteiger partial charge on any atom is 0.255 e. The number of likely N-dealkylation sites (tertiary alicyclic amines) is 1. The second-order valence-corrected chi connectivity index (χ2v) is 9.09. The molecule has 0 atom stereocenters. The van der Waals surface area contributed by atoms with Gasteiger partial charge < -0.3 is 11.1 Å². The molecule has 2 aromatic rings. The van der Waals surface area contributed by atoms with Gasteiger partial charge in [-0.3, -0.25) is 9.69 Å². The first kappa shape index (κ1) is 19.7. The Morgan fingerprint density at radius 1 is 1.17 bits per heavy atom. The number of hydrogen-bond acceptors (Lipinski definition) is 3. The van der Waals surface area contributed by atoms with E-state index in [4.69, 9.17) is 5.73 Å². The van der Waals surface area contributed by atoms with Gasteiger partial charge in [0, 0.05) is 24.2 Å². The first-order valence-electron chi connectivity index (χ1n) is 10.6. The highest BCUT2D eigenvalue weighted by Crippen LogP contribution is 2.37. The Morgan fingerprint density at radius 3 is 2.55 bits per heavy atom. The monoisotopic (exact) mass is 389 g/mol. The predicted molar refractivity (Wildman–Crippen MR) is 121 cm³/mol. The predicted octanol–water partition coefficient (Wildman–Crippen LogP) is 5.19. The lowest BCUT2D eigenvalue weighted by molar-refractivity contribution is 0.0948. The molecule has 1 saturated carbocycles. The van der Waals surface area contributed by atoms with E-state index in [1.165, 1.54) is 25.0 Å². The van der Waals surface area contributed by atoms with E-state index >= 15 is 0 Å². The van der Waals surface area contributed by atoms with Crippen molar-refractivity contribution in [1.29, 1.82) is 0 Å². The topological polar surface area (TPSA) is 58.4 Å². The Morgan fingerprint density at radius 2 is 1.90 bits per heavy atom. The van der Waals surface area contributed by atoms with Gasteiger partial charge in [0.25, 0.3) is 5.91 Å². The summed E-state index contributed by atoms with van der Waals surface area (Å²) in [5.41, 5.74) is 10.6. The van der Waals surface area contributed by atoms with E-state index in [9.17, 15) is 4.79 Å². The molecule has 29 heavy (non-hydrogen) atoms. The number of para-hydroxylation sites is 2. The molecular weight excluding hydrogens is 358 g/mol. The summed E-state index contributed by atoms with van der Waals surface area (Å²) in [6, 6.07) is 15.1. The minimum Gasteiger partial charge on any atom is -0.397 e. The summed E-state index contributed by atoms with van der Waals surface area (Å²) in [4.78, 5) is 15.2. The molecular formula is C25H31N3O. The molecule has 152 valence electrons. The van der Waals surface area contributed by atoms with Gasteiger partial charge in [0.1, 0.15) is 0 Å². The number of nitrogens with two attached hydrogens (primary N) is 1. The van der Waals surface area contributed by atoms with E-state index in [1.807, 2.05) is 42.5 Å². The van der Waals surface area contributed by atoms with Crippen molar-refractivity contribution in [2.75, 3.05) is 24.1 Å². The molecule has 2 aliphatic rings. The molecule has 0 unspecified atom stereocenters. The van der Waals surface area contributed by atoms with Crippen LogP contribution in [0.3, 0.4) is 0 Å². The molecule has 2 fully saturated rings. The van der Waals surface area contributed by atoms with E-state index in [1.54, 1.807) is 6.07 Å². The van der Waals surface area contributed by atoms with E-state index in [2.05, 4.69) is 30.1 Å². The van der Waals surface area contributed by atoms with Gasteiger partial charge in [0.15, 0.2) is 0 Å². The van der Waals surface area contributed by atoms with Crippen molar-refractivity contribution < 1.29 is 4.79 Å². The lowest BCUT2D eigenvalue weighted by Gasteiger charge is -2.44. The standard InChI is InChI=1S/C25H31N3O/c1-25(2)16-20(13-14-28(25)17-19-7-8-19)15-18-9-11-21(12-10-18)24(29)27-23-6-4-3-5-22(23)26/h3-6,9-12,15,19H,7-8,13-14,16-17,26H2,1-2H3,(H,27,29)/b20-15+. The van der Waals surface area contributed by atoms with Crippen molar-refractivity contribution in [2.24, 2.45) is 5.92 Å². The fourth-order valence-corrected chi connectivity index (χ4v) is 4.18. The Labute approximate surface area is 173 Å². The summed E-state index contributed by atoms with van der Waals surface area (Å²) in [6.45, 7) is 7.14. The second kappa shape index (κ2) is 8.03. The third kappa shape index (κ3) is 4.88. The fourth-order valence-electron chi connectivity index (χ4n) is 4.18. The van der Waals surface area contributed by atoms with Crippen molar-refractivity contribution in [1.82, 2.24) is 4.90 Å². The number of carbonyl (C=O) groups is 1. The van der Waals surface area contributed by atoms with Crippen LogP contribution in [-0.2, 0) is 0 Å². The Bertz CT molecular complexity index is 910. The molecule has 2 aromatic carbocycles. The van der Waals surface area contributed by atoms with Crippen LogP contribution in [0.15, 0.2) is 54.1 Å². The maximum atomic E-state index is 12.5. The maximum absolute atomic E-state index is 12.5. The lowest BCUT2D eigenvalue weighted by Crippen LogP contribution is -2.48. The molecule has 0 aromatic heterocycles. The number of nitrogens with one attached hydrogen (secondary N) is 1. The second-order valence-electron chi connectivity index (χ2n) is 9.09. The van der Waals surface area contributed by atoms with Gasteiger partial charge in [-0.2, -0.15) is 0 Å². The van der Waals surface area contributed by atoms with Gasteiger partial charge in [-0.25, -0.2) is 0 Å². The third-order valence-corrected chi connectivity index (χ3v) is 6.15. The molecule has 0 bridgehead atoms.